The van der Waals surface area contributed by atoms with Gasteiger partial charge in [0.2, 0.25) is 6.42 Å². The molecule has 0 saturated heterocycles. The number of imidazole rings is 2. The summed E-state index contributed by atoms with van der Waals surface area (Å²) in [6.45, 7) is 4.53. The van der Waals surface area contributed by atoms with Gasteiger partial charge in [-0.2, -0.15) is 26.3 Å². The van der Waals surface area contributed by atoms with Crippen molar-refractivity contribution >= 4 is 6.42 Å². The van der Waals surface area contributed by atoms with E-state index < -0.39 is 29.9 Å². The Balaban J connectivity index is 0.000000263. The average Bonchev–Trinajstić information content (AvgIpc) is 3.49. The Morgan fingerprint density at radius 1 is 0.842 bits per heavy atom. The number of rotatable bonds is 5. The monoisotopic (exact) mass is 716 g/mol. The Bertz CT molecular complexity index is 1240. The summed E-state index contributed by atoms with van der Waals surface area (Å²) >= 11 is 0. The Morgan fingerprint density at radius 3 is 1.76 bits per heavy atom. The molecule has 0 atom stereocenters. The molecule has 13 heteroatoms. The van der Waals surface area contributed by atoms with Crippen molar-refractivity contribution in [2.45, 2.75) is 38.8 Å². The van der Waals surface area contributed by atoms with Gasteiger partial charge >= 0.3 is 12.4 Å². The van der Waals surface area contributed by atoms with Crippen LogP contribution in [0.25, 0.3) is 11.3 Å². The normalized spacial score (nSPS) is 11.9. The molecule has 3 heterocycles. The van der Waals surface area contributed by atoms with E-state index in [1.54, 1.807) is 0 Å². The molecule has 0 saturated carbocycles. The van der Waals surface area contributed by atoms with Crippen LogP contribution in [0.4, 0.5) is 26.3 Å². The second-order valence-electron chi connectivity index (χ2n) is 8.91. The van der Waals surface area contributed by atoms with Gasteiger partial charge in [0.25, 0.3) is 0 Å². The van der Waals surface area contributed by atoms with Gasteiger partial charge in [0.05, 0.1) is 0 Å². The molecule has 0 aliphatic heterocycles. The zero-order chi connectivity index (χ0) is 27.4. The molecule has 0 fully saturated rings. The van der Waals surface area contributed by atoms with Gasteiger partial charge in [0, 0.05) is 40.4 Å². The van der Waals surface area contributed by atoms with Crippen LogP contribution in [0.1, 0.15) is 25.0 Å². The summed E-state index contributed by atoms with van der Waals surface area (Å²) in [5.41, 5.74) is -3.23. The second-order valence-corrected chi connectivity index (χ2v) is 8.91. The summed E-state index contributed by atoms with van der Waals surface area (Å²) in [7, 11) is 4.14. The van der Waals surface area contributed by atoms with Crippen LogP contribution in [0.15, 0.2) is 74.0 Å². The van der Waals surface area contributed by atoms with Gasteiger partial charge in [0.1, 0.15) is 25.0 Å². The quantitative estimate of drug-likeness (QED) is 0.125. The molecular formula is C25H28BF6IrN5. The van der Waals surface area contributed by atoms with Crippen molar-refractivity contribution in [3.8, 4) is 11.3 Å². The third-order valence-corrected chi connectivity index (χ3v) is 6.44. The summed E-state index contributed by atoms with van der Waals surface area (Å²) in [6.07, 6.45) is 5.89. The molecule has 1 radical (unpaired) electrons. The molecule has 0 spiro atoms. The van der Waals surface area contributed by atoms with Crippen LogP contribution >= 0.6 is 0 Å². The first-order valence-corrected chi connectivity index (χ1v) is 11.7. The standard InChI is InChI=1S/C13H6F6N.C12H22BN4.Ir/c14-12(15,16)9-5-8(11-3-1-2-4-20-11)6-10(7-9)13(17,18)19;1-5-13(6-2,16-9-7-14(3)11-16)17-10-8-15(4)12-17;/h1-5,7H;7-12H,5-6H2,1-4H3;/q-1;+1;. The molecule has 0 aliphatic carbocycles. The zero-order valence-corrected chi connectivity index (χ0v) is 23.7. The number of alkyl halides is 6. The first-order chi connectivity index (χ1) is 17.3. The second kappa shape index (κ2) is 12.3. The van der Waals surface area contributed by atoms with Crippen molar-refractivity contribution in [1.82, 2.24) is 23.1 Å². The van der Waals surface area contributed by atoms with Gasteiger partial charge < -0.3 is 13.9 Å². The maximum absolute atomic E-state index is 12.7. The minimum Gasteiger partial charge on any atom is -0.375 e. The predicted molar refractivity (Wildman–Crippen MR) is 132 cm³/mol. The predicted octanol–water partition coefficient (Wildman–Crippen LogP) is 6.99. The van der Waals surface area contributed by atoms with Gasteiger partial charge in [-0.15, -0.1) is 36.4 Å². The molecule has 0 unspecified atom stereocenters. The smallest absolute Gasteiger partial charge is 0.375 e. The number of benzene rings is 1. The van der Waals surface area contributed by atoms with Crippen molar-refractivity contribution in [2.75, 3.05) is 0 Å². The van der Waals surface area contributed by atoms with E-state index in [0.717, 1.165) is 12.6 Å². The van der Waals surface area contributed by atoms with Crippen molar-refractivity contribution in [3.63, 3.8) is 0 Å². The third-order valence-electron chi connectivity index (χ3n) is 6.44. The fourth-order valence-electron chi connectivity index (χ4n) is 4.34. The number of aromatic nitrogens is 5. The molecule has 0 bridgehead atoms. The summed E-state index contributed by atoms with van der Waals surface area (Å²) in [4.78, 5) is 3.73. The van der Waals surface area contributed by atoms with E-state index in [1.165, 1.54) is 24.4 Å². The Labute approximate surface area is 231 Å². The van der Waals surface area contributed by atoms with E-state index in [0.29, 0.717) is 6.07 Å². The molecule has 1 aromatic carbocycles. The van der Waals surface area contributed by atoms with Gasteiger partial charge in [-0.25, -0.2) is 9.13 Å². The molecule has 4 rings (SSSR count). The van der Waals surface area contributed by atoms with Crippen molar-refractivity contribution < 1.29 is 46.4 Å². The fourth-order valence-corrected chi connectivity index (χ4v) is 4.34. The van der Waals surface area contributed by atoms with Crippen LogP contribution in [0.2, 0.25) is 12.6 Å². The van der Waals surface area contributed by atoms with Gasteiger partial charge in [-0.05, 0) is 22.9 Å². The third kappa shape index (κ3) is 7.14. The molecule has 0 N–H and O–H groups in total. The molecular weight excluding hydrogens is 687 g/mol. The van der Waals surface area contributed by atoms with E-state index in [4.69, 9.17) is 0 Å². The molecule has 3 aromatic heterocycles. The van der Waals surface area contributed by atoms with Crippen LogP contribution in [-0.4, -0.2) is 29.5 Å². The van der Waals surface area contributed by atoms with Crippen molar-refractivity contribution in [2.24, 2.45) is 14.1 Å². The van der Waals surface area contributed by atoms with Crippen LogP contribution in [0.5, 0.6) is 0 Å². The number of nitrogens with zero attached hydrogens (tertiary/aromatic N) is 5. The zero-order valence-electron chi connectivity index (χ0n) is 21.3. The topological polar surface area (TPSA) is 32.6 Å². The fraction of sp³-hybridized carbons (Fsp3) is 0.320. The van der Waals surface area contributed by atoms with Gasteiger partial charge in [-0.3, -0.25) is 0 Å². The molecule has 207 valence electrons. The molecule has 38 heavy (non-hydrogen) atoms. The molecule has 4 aromatic rings. The number of hydrogen-bond acceptors (Lipinski definition) is 1. The number of aryl methyl sites for hydroxylation is 2. The minimum absolute atomic E-state index is 0. The number of pyridine rings is 1. The molecule has 5 nitrogen and oxygen atoms in total. The summed E-state index contributed by atoms with van der Waals surface area (Å²) in [6, 6.07) is 6.83. The molecule has 0 amide bonds. The average molecular weight is 716 g/mol. The van der Waals surface area contributed by atoms with Gasteiger partial charge in [0.15, 0.2) is 12.4 Å². The Hall–Kier alpha value is -2.92. The summed E-state index contributed by atoms with van der Waals surface area (Å²) < 4.78 is 84.8. The maximum Gasteiger partial charge on any atom is 0.399 e. The summed E-state index contributed by atoms with van der Waals surface area (Å²) in [5, 5.41) is 0. The molecule has 0 aliphatic rings. The van der Waals surface area contributed by atoms with Crippen LogP contribution in [-0.2, 0) is 46.6 Å². The minimum atomic E-state index is -4.91. The maximum atomic E-state index is 12.7. The van der Waals surface area contributed by atoms with E-state index in [-0.39, 0.29) is 37.4 Å². The van der Waals surface area contributed by atoms with Crippen LogP contribution in [0.3, 0.4) is 0 Å². The van der Waals surface area contributed by atoms with Crippen LogP contribution in [0, 0.1) is 6.07 Å². The van der Waals surface area contributed by atoms with Gasteiger partial charge in [-0.1, -0.05) is 26.0 Å². The van der Waals surface area contributed by atoms with Crippen molar-refractivity contribution in [1.29, 1.82) is 0 Å². The largest absolute Gasteiger partial charge is 0.399 e. The summed E-state index contributed by atoms with van der Waals surface area (Å²) in [5.74, 6) is 0. The van der Waals surface area contributed by atoms with E-state index in [1.807, 2.05) is 6.07 Å². The first kappa shape index (κ1) is 31.3. The number of hydrogen-bond donors (Lipinski definition) is 0. The first-order valence-electron chi connectivity index (χ1n) is 11.7. The Kier molecular flexibility index (Phi) is 10.1. The number of halogens is 6. The Morgan fingerprint density at radius 2 is 1.39 bits per heavy atom. The SMILES string of the molecule is CC[B-](CC)(n1ccn(C)[cH+]1)n1ccn(C)[cH+]1.FC(F)(F)c1[c-]c(-c2ccccn2)cc(C(F)(F)F)c1.[Ir]. The van der Waals surface area contributed by atoms with Crippen LogP contribution < -0.4 is 0 Å². The van der Waals surface area contributed by atoms with E-state index >= 15 is 0 Å². The van der Waals surface area contributed by atoms with E-state index in [9.17, 15) is 26.3 Å². The van der Waals surface area contributed by atoms with E-state index in [2.05, 4.69) is 88.5 Å². The van der Waals surface area contributed by atoms with Crippen molar-refractivity contribution in [3.05, 3.63) is 91.2 Å².